The number of nitrogens with one attached hydrogen (secondary N) is 2. The zero-order chi connectivity index (χ0) is 21.4. The van der Waals surface area contributed by atoms with Crippen LogP contribution in [-0.4, -0.2) is 29.5 Å². The quantitative estimate of drug-likeness (QED) is 0.600. The third-order valence-corrected chi connectivity index (χ3v) is 4.23. The molecule has 0 saturated heterocycles. The summed E-state index contributed by atoms with van der Waals surface area (Å²) in [5, 5.41) is 14.4. The van der Waals surface area contributed by atoms with Crippen LogP contribution in [0.25, 0.3) is 0 Å². The van der Waals surface area contributed by atoms with Gasteiger partial charge in [-0.2, -0.15) is 0 Å². The van der Waals surface area contributed by atoms with Gasteiger partial charge in [0.1, 0.15) is 5.75 Å². The molecule has 0 atom stereocenters. The normalized spacial score (nSPS) is 10.3. The third-order valence-electron chi connectivity index (χ3n) is 4.23. The van der Waals surface area contributed by atoms with Crippen molar-refractivity contribution in [2.45, 2.75) is 40.2 Å². The predicted molar refractivity (Wildman–Crippen MR) is 110 cm³/mol. The van der Waals surface area contributed by atoms with Crippen LogP contribution in [0.15, 0.2) is 36.4 Å². The first-order chi connectivity index (χ1) is 13.8. The summed E-state index contributed by atoms with van der Waals surface area (Å²) < 4.78 is 5.29. The molecule has 0 aliphatic rings. The maximum Gasteiger partial charge on any atom is 0.341 e. The fourth-order valence-electron chi connectivity index (χ4n) is 2.88. The van der Waals surface area contributed by atoms with E-state index in [1.54, 1.807) is 38.1 Å². The minimum atomic E-state index is -1.05. The summed E-state index contributed by atoms with van der Waals surface area (Å²) >= 11 is 0. The minimum Gasteiger partial charge on any atom is -0.481 e. The van der Waals surface area contributed by atoms with Crippen molar-refractivity contribution in [1.82, 2.24) is 5.32 Å². The van der Waals surface area contributed by atoms with E-state index in [0.29, 0.717) is 35.4 Å². The van der Waals surface area contributed by atoms with E-state index in [1.807, 2.05) is 19.1 Å². The topological polar surface area (TPSA) is 105 Å². The number of carbonyl (C=O) groups is 3. The van der Waals surface area contributed by atoms with Gasteiger partial charge in [-0.3, -0.25) is 9.59 Å². The number of aryl methyl sites for hydroxylation is 2. The largest absolute Gasteiger partial charge is 0.481 e. The van der Waals surface area contributed by atoms with Crippen LogP contribution >= 0.6 is 0 Å². The van der Waals surface area contributed by atoms with E-state index < -0.39 is 12.6 Å². The highest BCUT2D eigenvalue weighted by atomic mass is 16.5. The minimum absolute atomic E-state index is 0.0185. The van der Waals surface area contributed by atoms with Crippen LogP contribution in [0.4, 0.5) is 5.69 Å². The predicted octanol–water partition coefficient (Wildman–Crippen LogP) is 3.44. The molecular weight excluding hydrogens is 372 g/mol. The summed E-state index contributed by atoms with van der Waals surface area (Å²) in [6.45, 7) is 5.41. The molecule has 2 amide bonds. The molecule has 0 heterocycles. The van der Waals surface area contributed by atoms with E-state index in [9.17, 15) is 14.4 Å². The number of carboxylic acids is 1. The summed E-state index contributed by atoms with van der Waals surface area (Å²) in [5.74, 6) is -0.831. The highest BCUT2D eigenvalue weighted by molar-refractivity contribution is 5.95. The van der Waals surface area contributed by atoms with Crippen LogP contribution in [0.5, 0.6) is 5.75 Å². The molecule has 7 nitrogen and oxygen atoms in total. The second-order valence-electron chi connectivity index (χ2n) is 6.80. The van der Waals surface area contributed by atoms with Gasteiger partial charge in [0.05, 0.1) is 0 Å². The Morgan fingerprint density at radius 3 is 2.21 bits per heavy atom. The zero-order valence-electron chi connectivity index (χ0n) is 16.9. The molecule has 0 radical (unpaired) electrons. The van der Waals surface area contributed by atoms with Crippen molar-refractivity contribution >= 4 is 23.5 Å². The van der Waals surface area contributed by atoms with Crippen LogP contribution in [0.3, 0.4) is 0 Å². The molecule has 2 rings (SSSR count). The van der Waals surface area contributed by atoms with Crippen molar-refractivity contribution in [2.75, 3.05) is 11.9 Å². The smallest absolute Gasteiger partial charge is 0.341 e. The zero-order valence-corrected chi connectivity index (χ0v) is 16.9. The van der Waals surface area contributed by atoms with Crippen molar-refractivity contribution in [1.29, 1.82) is 0 Å². The van der Waals surface area contributed by atoms with Crippen LogP contribution in [0, 0.1) is 13.8 Å². The molecule has 2 aromatic carbocycles. The molecule has 0 spiro atoms. The van der Waals surface area contributed by atoms with Gasteiger partial charge in [-0.25, -0.2) is 4.79 Å². The van der Waals surface area contributed by atoms with E-state index in [4.69, 9.17) is 9.84 Å². The van der Waals surface area contributed by atoms with Crippen molar-refractivity contribution in [3.8, 4) is 5.75 Å². The van der Waals surface area contributed by atoms with Crippen LogP contribution in [0.2, 0.25) is 0 Å². The van der Waals surface area contributed by atoms with Gasteiger partial charge in [0.15, 0.2) is 6.61 Å². The van der Waals surface area contributed by atoms with Gasteiger partial charge in [-0.05, 0) is 61.2 Å². The molecule has 0 aromatic heterocycles. The fraction of sp³-hybridized carbons (Fsp3) is 0.318. The lowest BCUT2D eigenvalue weighted by Crippen LogP contribution is -2.23. The Morgan fingerprint density at radius 2 is 1.66 bits per heavy atom. The SMILES string of the molecule is CCCC(=O)Nc1ccc(CNC(=O)c2cc(C)c(OCC(=O)O)c(C)c2)cc1. The molecule has 0 aliphatic heterocycles. The second kappa shape index (κ2) is 10.3. The van der Waals surface area contributed by atoms with E-state index >= 15 is 0 Å². The van der Waals surface area contributed by atoms with Gasteiger partial charge in [0.2, 0.25) is 5.91 Å². The molecular formula is C22H26N2O5. The monoisotopic (exact) mass is 398 g/mol. The van der Waals surface area contributed by atoms with Crippen LogP contribution in [0.1, 0.15) is 46.8 Å². The number of benzene rings is 2. The summed E-state index contributed by atoms with van der Waals surface area (Å²) in [5.41, 5.74) is 3.50. The van der Waals surface area contributed by atoms with E-state index in [2.05, 4.69) is 10.6 Å². The lowest BCUT2D eigenvalue weighted by atomic mass is 10.0. The molecule has 29 heavy (non-hydrogen) atoms. The van der Waals surface area contributed by atoms with Crippen molar-refractivity contribution < 1.29 is 24.2 Å². The standard InChI is InChI=1S/C22H26N2O5/c1-4-5-19(25)24-18-8-6-16(7-9-18)12-23-22(28)17-10-14(2)21(15(3)11-17)29-13-20(26)27/h6-11H,4-5,12-13H2,1-3H3,(H,23,28)(H,24,25)(H,26,27). The average Bonchev–Trinajstić information content (AvgIpc) is 2.66. The number of amides is 2. The maximum atomic E-state index is 12.5. The van der Waals surface area contributed by atoms with Crippen molar-refractivity contribution in [3.05, 3.63) is 58.7 Å². The Balaban J connectivity index is 1.96. The van der Waals surface area contributed by atoms with Crippen molar-refractivity contribution in [2.24, 2.45) is 0 Å². The molecule has 0 saturated carbocycles. The molecule has 0 bridgehead atoms. The number of carboxylic acid groups (broad SMARTS) is 1. The average molecular weight is 398 g/mol. The summed E-state index contributed by atoms with van der Waals surface area (Å²) in [4.78, 5) is 34.8. The Hall–Kier alpha value is -3.35. The number of hydrogen-bond donors (Lipinski definition) is 3. The summed E-state index contributed by atoms with van der Waals surface area (Å²) in [7, 11) is 0. The van der Waals surface area contributed by atoms with Gasteiger partial charge in [0.25, 0.3) is 5.91 Å². The number of rotatable bonds is 9. The number of hydrogen-bond acceptors (Lipinski definition) is 4. The first-order valence-electron chi connectivity index (χ1n) is 9.43. The molecule has 0 aliphatic carbocycles. The van der Waals surface area contributed by atoms with Gasteiger partial charge in [-0.15, -0.1) is 0 Å². The van der Waals surface area contributed by atoms with E-state index in [0.717, 1.165) is 17.7 Å². The van der Waals surface area contributed by atoms with E-state index in [1.165, 1.54) is 0 Å². The molecule has 0 fully saturated rings. The fourth-order valence-corrected chi connectivity index (χ4v) is 2.88. The van der Waals surface area contributed by atoms with Crippen molar-refractivity contribution in [3.63, 3.8) is 0 Å². The molecule has 2 aromatic rings. The molecule has 7 heteroatoms. The highest BCUT2D eigenvalue weighted by Crippen LogP contribution is 2.25. The first kappa shape index (κ1) is 21.9. The Bertz CT molecular complexity index is 868. The van der Waals surface area contributed by atoms with Crippen LogP contribution in [-0.2, 0) is 16.1 Å². The first-order valence-corrected chi connectivity index (χ1v) is 9.43. The second-order valence-corrected chi connectivity index (χ2v) is 6.80. The third kappa shape index (κ3) is 6.64. The summed E-state index contributed by atoms with van der Waals surface area (Å²) in [6.07, 6.45) is 1.28. The molecule has 0 unspecified atom stereocenters. The maximum absolute atomic E-state index is 12.5. The van der Waals surface area contributed by atoms with Gasteiger partial charge < -0.3 is 20.5 Å². The number of anilines is 1. The van der Waals surface area contributed by atoms with E-state index in [-0.39, 0.29) is 11.8 Å². The lowest BCUT2D eigenvalue weighted by molar-refractivity contribution is -0.139. The molecule has 3 N–H and O–H groups in total. The number of carbonyl (C=O) groups excluding carboxylic acids is 2. The Morgan fingerprint density at radius 1 is 1.03 bits per heavy atom. The van der Waals surface area contributed by atoms with Gasteiger partial charge >= 0.3 is 5.97 Å². The number of aliphatic carboxylic acids is 1. The summed E-state index contributed by atoms with van der Waals surface area (Å²) in [6, 6.07) is 10.6. The number of ether oxygens (including phenoxy) is 1. The molecule has 154 valence electrons. The lowest BCUT2D eigenvalue weighted by Gasteiger charge is -2.13. The van der Waals surface area contributed by atoms with Gasteiger partial charge in [0, 0.05) is 24.2 Å². The van der Waals surface area contributed by atoms with Crippen LogP contribution < -0.4 is 15.4 Å². The Kier molecular flexibility index (Phi) is 7.77. The van der Waals surface area contributed by atoms with Gasteiger partial charge in [-0.1, -0.05) is 19.1 Å². The Labute approximate surface area is 170 Å². The highest BCUT2D eigenvalue weighted by Gasteiger charge is 2.13.